The molecule has 168 valence electrons. The summed E-state index contributed by atoms with van der Waals surface area (Å²) in [6.07, 6.45) is 0. The summed E-state index contributed by atoms with van der Waals surface area (Å²) >= 11 is 0. The number of nitro benzene ring substituents is 1. The van der Waals surface area contributed by atoms with Gasteiger partial charge in [0.1, 0.15) is 11.7 Å². The average molecular weight is 448 g/mol. The van der Waals surface area contributed by atoms with Gasteiger partial charge >= 0.3 is 5.97 Å². The smallest absolute Gasteiger partial charge is 0.355 e. The number of carbonyl (C=O) groups excluding carboxylic acids is 2. The summed E-state index contributed by atoms with van der Waals surface area (Å²) in [7, 11) is 1.20. The van der Waals surface area contributed by atoms with Crippen molar-refractivity contribution in [1.29, 1.82) is 0 Å². The van der Waals surface area contributed by atoms with Crippen LogP contribution in [-0.4, -0.2) is 44.0 Å². The predicted molar refractivity (Wildman–Crippen MR) is 117 cm³/mol. The Morgan fingerprint density at radius 3 is 2.36 bits per heavy atom. The minimum atomic E-state index is -0.825. The first-order chi connectivity index (χ1) is 15.8. The fourth-order valence-corrected chi connectivity index (χ4v) is 3.65. The third-order valence-electron chi connectivity index (χ3n) is 5.41. The summed E-state index contributed by atoms with van der Waals surface area (Å²) in [6, 6.07) is 11.9. The van der Waals surface area contributed by atoms with E-state index in [0.29, 0.717) is 11.5 Å². The Bertz CT molecular complexity index is 1260. The van der Waals surface area contributed by atoms with Crippen LogP contribution in [0.15, 0.2) is 59.8 Å². The predicted octanol–water partition coefficient (Wildman–Crippen LogP) is 3.03. The molecular formula is C22H20N6O5. The van der Waals surface area contributed by atoms with E-state index in [1.54, 1.807) is 0 Å². The van der Waals surface area contributed by atoms with Gasteiger partial charge < -0.3 is 10.1 Å². The van der Waals surface area contributed by atoms with Crippen LogP contribution in [0.25, 0.3) is 0 Å². The molecule has 33 heavy (non-hydrogen) atoms. The Balaban J connectivity index is 1.89. The number of nitro groups is 1. The van der Waals surface area contributed by atoms with Gasteiger partial charge in [-0.3, -0.25) is 14.9 Å². The van der Waals surface area contributed by atoms with Crippen molar-refractivity contribution in [1.82, 2.24) is 20.2 Å². The number of hydrogen-bond acceptors (Lipinski definition) is 9. The number of esters is 1. The van der Waals surface area contributed by atoms with E-state index in [2.05, 4.69) is 34.7 Å². The van der Waals surface area contributed by atoms with Gasteiger partial charge in [0.25, 0.3) is 5.69 Å². The van der Waals surface area contributed by atoms with E-state index in [1.807, 2.05) is 24.3 Å². The highest BCUT2D eigenvalue weighted by Crippen LogP contribution is 2.37. The highest BCUT2D eigenvalue weighted by atomic mass is 16.6. The van der Waals surface area contributed by atoms with Crippen molar-refractivity contribution in [2.24, 2.45) is 0 Å². The number of ketones is 1. The summed E-state index contributed by atoms with van der Waals surface area (Å²) in [6.45, 7) is 4.13. The Labute approximate surface area is 188 Å². The standard InChI is InChI=1S/C22H20N6O5/c1-12(2)13-4-6-14(7-5-13)19-17(20(29)15-8-10-16(11-9-15)28(31)32)18(21(30)33-3)23-22-24-25-26-27(19)22/h4-12,19H,1-3H3,(H,23,24,26)/t19-/m0/s1. The van der Waals surface area contributed by atoms with Crippen LogP contribution < -0.4 is 5.32 Å². The monoisotopic (exact) mass is 448 g/mol. The lowest BCUT2D eigenvalue weighted by Gasteiger charge is -2.28. The summed E-state index contributed by atoms with van der Waals surface area (Å²) in [5.74, 6) is -0.804. The molecule has 2 heterocycles. The Hall–Kier alpha value is -4.41. The van der Waals surface area contributed by atoms with E-state index in [1.165, 1.54) is 36.1 Å². The van der Waals surface area contributed by atoms with Crippen LogP contribution in [0.4, 0.5) is 11.6 Å². The lowest BCUT2D eigenvalue weighted by Crippen LogP contribution is -2.33. The van der Waals surface area contributed by atoms with Gasteiger partial charge in [-0.05, 0) is 39.6 Å². The number of allylic oxidation sites excluding steroid dienone is 1. The fourth-order valence-electron chi connectivity index (χ4n) is 3.65. The molecule has 0 spiro atoms. The van der Waals surface area contributed by atoms with Crippen LogP contribution >= 0.6 is 0 Å². The molecule has 11 heteroatoms. The molecule has 0 bridgehead atoms. The Morgan fingerprint density at radius 1 is 1.12 bits per heavy atom. The second-order valence-corrected chi connectivity index (χ2v) is 7.71. The van der Waals surface area contributed by atoms with Crippen molar-refractivity contribution in [2.75, 3.05) is 12.4 Å². The number of rotatable bonds is 6. The molecule has 1 aromatic heterocycles. The van der Waals surface area contributed by atoms with Crippen molar-refractivity contribution in [3.63, 3.8) is 0 Å². The van der Waals surface area contributed by atoms with Crippen LogP contribution in [0.3, 0.4) is 0 Å². The molecule has 0 aliphatic carbocycles. The first-order valence-corrected chi connectivity index (χ1v) is 10.1. The van der Waals surface area contributed by atoms with E-state index in [4.69, 9.17) is 4.74 Å². The molecule has 0 unspecified atom stereocenters. The summed E-state index contributed by atoms with van der Waals surface area (Å²) < 4.78 is 6.32. The number of carbonyl (C=O) groups is 2. The van der Waals surface area contributed by atoms with E-state index in [0.717, 1.165) is 5.56 Å². The first-order valence-electron chi connectivity index (χ1n) is 10.1. The zero-order valence-corrected chi connectivity index (χ0v) is 18.1. The molecular weight excluding hydrogens is 428 g/mol. The van der Waals surface area contributed by atoms with Crippen molar-refractivity contribution in [3.8, 4) is 0 Å². The topological polar surface area (TPSA) is 142 Å². The molecule has 4 rings (SSSR count). The number of ether oxygens (including phenoxy) is 1. The minimum Gasteiger partial charge on any atom is -0.464 e. The second kappa shape index (κ2) is 8.61. The van der Waals surface area contributed by atoms with Crippen LogP contribution in [0.2, 0.25) is 0 Å². The highest BCUT2D eigenvalue weighted by molar-refractivity contribution is 6.15. The van der Waals surface area contributed by atoms with Gasteiger partial charge in [0.2, 0.25) is 5.95 Å². The molecule has 0 saturated heterocycles. The lowest BCUT2D eigenvalue weighted by molar-refractivity contribution is -0.384. The molecule has 1 aliphatic heterocycles. The molecule has 1 N–H and O–H groups in total. The first kappa shape index (κ1) is 21.8. The SMILES string of the molecule is COC(=O)C1=C(C(=O)c2ccc([N+](=O)[O-])cc2)[C@H](c2ccc(C(C)C)cc2)n2nnnc2N1. The molecule has 2 aromatic carbocycles. The lowest BCUT2D eigenvalue weighted by atomic mass is 9.88. The van der Waals surface area contributed by atoms with Crippen LogP contribution in [0.1, 0.15) is 47.3 Å². The van der Waals surface area contributed by atoms with Gasteiger partial charge in [-0.1, -0.05) is 43.2 Å². The Morgan fingerprint density at radius 2 is 1.79 bits per heavy atom. The van der Waals surface area contributed by atoms with E-state index in [-0.39, 0.29) is 28.5 Å². The zero-order valence-electron chi connectivity index (χ0n) is 18.1. The molecule has 0 saturated carbocycles. The number of fused-ring (bicyclic) bond motifs is 1. The van der Waals surface area contributed by atoms with Gasteiger partial charge in [-0.15, -0.1) is 0 Å². The third kappa shape index (κ3) is 3.95. The number of nitrogens with one attached hydrogen (secondary N) is 1. The van der Waals surface area contributed by atoms with Crippen molar-refractivity contribution in [3.05, 3.63) is 86.6 Å². The number of Topliss-reactive ketones (excluding diaryl/α,β-unsaturated/α-hetero) is 1. The number of non-ortho nitro benzene ring substituents is 1. The van der Waals surface area contributed by atoms with Crippen molar-refractivity contribution >= 4 is 23.4 Å². The third-order valence-corrected chi connectivity index (χ3v) is 5.41. The molecule has 0 fully saturated rings. The van der Waals surface area contributed by atoms with Gasteiger partial charge in [-0.2, -0.15) is 4.68 Å². The number of nitrogens with zero attached hydrogens (tertiary/aromatic N) is 5. The van der Waals surface area contributed by atoms with Crippen molar-refractivity contribution < 1.29 is 19.2 Å². The van der Waals surface area contributed by atoms with Crippen LogP contribution in [0, 0.1) is 10.1 Å². The molecule has 0 amide bonds. The maximum Gasteiger partial charge on any atom is 0.355 e. The largest absolute Gasteiger partial charge is 0.464 e. The number of hydrogen-bond donors (Lipinski definition) is 1. The van der Waals surface area contributed by atoms with Crippen LogP contribution in [0.5, 0.6) is 0 Å². The number of methoxy groups -OCH3 is 1. The molecule has 11 nitrogen and oxygen atoms in total. The average Bonchev–Trinajstić information content (AvgIpc) is 3.30. The second-order valence-electron chi connectivity index (χ2n) is 7.71. The number of aromatic nitrogens is 4. The van der Waals surface area contributed by atoms with E-state index >= 15 is 0 Å². The molecule has 1 aliphatic rings. The van der Waals surface area contributed by atoms with Gasteiger partial charge in [0.05, 0.1) is 17.6 Å². The fraction of sp³-hybridized carbons (Fsp3) is 0.227. The summed E-state index contributed by atoms with van der Waals surface area (Å²) in [5, 5.41) is 25.4. The maximum absolute atomic E-state index is 13.6. The zero-order chi connectivity index (χ0) is 23.7. The van der Waals surface area contributed by atoms with Gasteiger partial charge in [0, 0.05) is 17.7 Å². The maximum atomic E-state index is 13.6. The normalized spacial score (nSPS) is 15.1. The van der Waals surface area contributed by atoms with Crippen LogP contribution in [-0.2, 0) is 9.53 Å². The number of tetrazole rings is 1. The number of benzene rings is 2. The molecule has 3 aromatic rings. The molecule has 1 atom stereocenters. The number of anilines is 1. The van der Waals surface area contributed by atoms with E-state index in [9.17, 15) is 19.7 Å². The quantitative estimate of drug-likeness (QED) is 0.260. The van der Waals surface area contributed by atoms with E-state index < -0.39 is 22.7 Å². The van der Waals surface area contributed by atoms with Gasteiger partial charge in [-0.25, -0.2) is 4.79 Å². The Kier molecular flexibility index (Phi) is 5.69. The molecule has 0 radical (unpaired) electrons. The van der Waals surface area contributed by atoms with Gasteiger partial charge in [0.15, 0.2) is 5.78 Å². The highest BCUT2D eigenvalue weighted by Gasteiger charge is 2.38. The minimum absolute atomic E-state index is 0.0628. The summed E-state index contributed by atoms with van der Waals surface area (Å²) in [4.78, 5) is 36.7. The summed E-state index contributed by atoms with van der Waals surface area (Å²) in [5.41, 5.74) is 1.76. The van der Waals surface area contributed by atoms with Crippen molar-refractivity contribution in [2.45, 2.75) is 25.8 Å².